The molecular formula is C25H36N4O6. The minimum atomic E-state index is -0.877. The Morgan fingerprint density at radius 1 is 1.09 bits per heavy atom. The standard InChI is InChI=1S/C25H36N4O6/c1-18-4-3-5-19(2)25(32)27-22-17-29(28-24(22)20-6-8-26-21(18)16-20)9-11-34-13-15-35-14-12-33-10-7-23(30)31/h6,8,16-19H,3-5,7,9-15H2,1-2H3,(H,27,32)(H,30,31). The predicted octanol–water partition coefficient (Wildman–Crippen LogP) is 3.33. The number of carboxylic acid groups (broad SMARTS) is 1. The zero-order valence-corrected chi connectivity index (χ0v) is 20.6. The molecule has 0 aromatic carbocycles. The molecule has 0 spiro atoms. The summed E-state index contributed by atoms with van der Waals surface area (Å²) < 4.78 is 18.0. The number of rotatable bonds is 12. The minimum Gasteiger partial charge on any atom is -0.481 e. The van der Waals surface area contributed by atoms with Crippen LogP contribution >= 0.6 is 0 Å². The molecule has 10 heteroatoms. The molecule has 0 saturated carbocycles. The van der Waals surface area contributed by atoms with Gasteiger partial charge in [0.25, 0.3) is 0 Å². The lowest BCUT2D eigenvalue weighted by Crippen LogP contribution is -2.21. The SMILES string of the molecule is CC1CCCC(C)c2cc(ccn2)-c2nn(CCOCCOCCOCCC(=O)O)cc2NC1=O. The van der Waals surface area contributed by atoms with Gasteiger partial charge in [0.15, 0.2) is 0 Å². The zero-order chi connectivity index (χ0) is 25.0. The smallest absolute Gasteiger partial charge is 0.305 e. The van der Waals surface area contributed by atoms with Gasteiger partial charge < -0.3 is 24.6 Å². The van der Waals surface area contributed by atoms with Crippen molar-refractivity contribution in [3.8, 4) is 11.3 Å². The Balaban J connectivity index is 1.51. The van der Waals surface area contributed by atoms with Crippen LogP contribution in [0.15, 0.2) is 24.5 Å². The lowest BCUT2D eigenvalue weighted by atomic mass is 9.94. The first kappa shape index (κ1) is 26.8. The molecule has 1 aliphatic rings. The molecule has 2 aromatic heterocycles. The van der Waals surface area contributed by atoms with Crippen molar-refractivity contribution in [2.24, 2.45) is 5.92 Å². The number of ether oxygens (including phenoxy) is 3. The summed E-state index contributed by atoms with van der Waals surface area (Å²) in [5, 5.41) is 16.3. The van der Waals surface area contributed by atoms with E-state index in [1.807, 2.05) is 19.2 Å². The number of nitrogens with zero attached hydrogens (tertiary/aromatic N) is 3. The van der Waals surface area contributed by atoms with Gasteiger partial charge in [-0.05, 0) is 30.9 Å². The van der Waals surface area contributed by atoms with Crippen LogP contribution in [-0.2, 0) is 30.3 Å². The molecule has 3 heterocycles. The highest BCUT2D eigenvalue weighted by molar-refractivity contribution is 5.95. The van der Waals surface area contributed by atoms with Crippen molar-refractivity contribution in [2.75, 3.05) is 45.0 Å². The molecule has 192 valence electrons. The van der Waals surface area contributed by atoms with Gasteiger partial charge >= 0.3 is 5.97 Å². The third-order valence-corrected chi connectivity index (χ3v) is 5.97. The molecule has 10 nitrogen and oxygen atoms in total. The summed E-state index contributed by atoms with van der Waals surface area (Å²) >= 11 is 0. The first-order valence-corrected chi connectivity index (χ1v) is 12.2. The number of pyridine rings is 1. The summed E-state index contributed by atoms with van der Waals surface area (Å²) in [5.41, 5.74) is 3.40. The number of anilines is 1. The van der Waals surface area contributed by atoms with E-state index in [0.29, 0.717) is 51.2 Å². The second-order valence-electron chi connectivity index (χ2n) is 8.83. The van der Waals surface area contributed by atoms with Crippen LogP contribution in [0.3, 0.4) is 0 Å². The molecular weight excluding hydrogens is 452 g/mol. The van der Waals surface area contributed by atoms with E-state index in [0.717, 1.165) is 36.2 Å². The topological polar surface area (TPSA) is 125 Å². The summed E-state index contributed by atoms with van der Waals surface area (Å²) in [6.07, 6.45) is 6.46. The fourth-order valence-corrected chi connectivity index (χ4v) is 3.83. The van der Waals surface area contributed by atoms with Gasteiger partial charge in [-0.25, -0.2) is 0 Å². The Bertz CT molecular complexity index is 963. The largest absolute Gasteiger partial charge is 0.481 e. The molecule has 2 bridgehead atoms. The number of hydrogen-bond acceptors (Lipinski definition) is 7. The van der Waals surface area contributed by atoms with Crippen LogP contribution in [0.2, 0.25) is 0 Å². The van der Waals surface area contributed by atoms with Crippen molar-refractivity contribution in [3.05, 3.63) is 30.2 Å². The molecule has 2 unspecified atom stereocenters. The van der Waals surface area contributed by atoms with Crippen molar-refractivity contribution in [1.29, 1.82) is 0 Å². The van der Waals surface area contributed by atoms with Crippen LogP contribution in [0.25, 0.3) is 11.3 Å². The second kappa shape index (κ2) is 13.9. The van der Waals surface area contributed by atoms with E-state index in [1.54, 1.807) is 10.9 Å². The third kappa shape index (κ3) is 8.72. The quantitative estimate of drug-likeness (QED) is 0.436. The Labute approximate surface area is 206 Å². The second-order valence-corrected chi connectivity index (χ2v) is 8.83. The first-order chi connectivity index (χ1) is 16.9. The number of nitrogens with one attached hydrogen (secondary N) is 1. The van der Waals surface area contributed by atoms with Gasteiger partial charge in [0, 0.05) is 29.6 Å². The average Bonchev–Trinajstić information content (AvgIpc) is 3.24. The number of fused-ring (bicyclic) bond motifs is 4. The monoisotopic (exact) mass is 488 g/mol. The number of carbonyl (C=O) groups excluding carboxylic acids is 1. The highest BCUT2D eigenvalue weighted by Crippen LogP contribution is 2.31. The Morgan fingerprint density at radius 3 is 2.51 bits per heavy atom. The fourth-order valence-electron chi connectivity index (χ4n) is 3.83. The van der Waals surface area contributed by atoms with E-state index in [2.05, 4.69) is 23.3 Å². The normalized spacial score (nSPS) is 18.3. The van der Waals surface area contributed by atoms with Gasteiger partial charge in [-0.2, -0.15) is 5.10 Å². The Hall–Kier alpha value is -2.82. The van der Waals surface area contributed by atoms with Gasteiger partial charge in [-0.1, -0.05) is 20.3 Å². The van der Waals surface area contributed by atoms with Crippen LogP contribution in [-0.4, -0.2) is 71.4 Å². The highest BCUT2D eigenvalue weighted by atomic mass is 16.5. The number of aliphatic carboxylic acids is 1. The lowest BCUT2D eigenvalue weighted by molar-refractivity contribution is -0.138. The van der Waals surface area contributed by atoms with Gasteiger partial charge in [-0.15, -0.1) is 0 Å². The molecule has 2 N–H and O–H groups in total. The molecule has 1 amide bonds. The molecule has 0 radical (unpaired) electrons. The third-order valence-electron chi connectivity index (χ3n) is 5.97. The number of amides is 1. The van der Waals surface area contributed by atoms with Gasteiger partial charge in [-0.3, -0.25) is 19.3 Å². The van der Waals surface area contributed by atoms with Crippen LogP contribution < -0.4 is 5.32 Å². The summed E-state index contributed by atoms with van der Waals surface area (Å²) in [6, 6.07) is 3.99. The van der Waals surface area contributed by atoms with E-state index >= 15 is 0 Å². The number of hydrogen-bond donors (Lipinski definition) is 2. The van der Waals surface area contributed by atoms with Gasteiger partial charge in [0.2, 0.25) is 5.91 Å². The van der Waals surface area contributed by atoms with E-state index in [9.17, 15) is 9.59 Å². The maximum atomic E-state index is 12.7. The number of carboxylic acids is 1. The van der Waals surface area contributed by atoms with Crippen molar-refractivity contribution in [3.63, 3.8) is 0 Å². The predicted molar refractivity (Wildman–Crippen MR) is 130 cm³/mol. The van der Waals surface area contributed by atoms with E-state index in [1.165, 1.54) is 0 Å². The molecule has 0 saturated heterocycles. The molecule has 0 fully saturated rings. The van der Waals surface area contributed by atoms with Crippen LogP contribution in [0.1, 0.15) is 51.1 Å². The fraction of sp³-hybridized carbons (Fsp3) is 0.600. The summed E-state index contributed by atoms with van der Waals surface area (Å²) in [4.78, 5) is 27.7. The maximum Gasteiger partial charge on any atom is 0.305 e. The van der Waals surface area contributed by atoms with Crippen molar-refractivity contribution < 1.29 is 28.9 Å². The molecule has 1 aliphatic heterocycles. The van der Waals surface area contributed by atoms with Crippen molar-refractivity contribution in [1.82, 2.24) is 14.8 Å². The first-order valence-electron chi connectivity index (χ1n) is 12.2. The number of aromatic nitrogens is 3. The molecule has 0 aliphatic carbocycles. The lowest BCUT2D eigenvalue weighted by Gasteiger charge is -2.16. The van der Waals surface area contributed by atoms with Crippen LogP contribution in [0.4, 0.5) is 5.69 Å². The van der Waals surface area contributed by atoms with Crippen molar-refractivity contribution in [2.45, 2.75) is 52.0 Å². The average molecular weight is 489 g/mol. The molecule has 35 heavy (non-hydrogen) atoms. The summed E-state index contributed by atoms with van der Waals surface area (Å²) in [7, 11) is 0. The molecule has 2 aromatic rings. The van der Waals surface area contributed by atoms with Crippen LogP contribution in [0, 0.1) is 5.92 Å². The molecule has 3 rings (SSSR count). The van der Waals surface area contributed by atoms with Gasteiger partial charge in [0.05, 0.1) is 58.3 Å². The van der Waals surface area contributed by atoms with Crippen molar-refractivity contribution >= 4 is 17.6 Å². The van der Waals surface area contributed by atoms with Gasteiger partial charge in [0.1, 0.15) is 5.69 Å². The Kier molecular flexibility index (Phi) is 10.6. The van der Waals surface area contributed by atoms with Crippen LogP contribution in [0.5, 0.6) is 0 Å². The van der Waals surface area contributed by atoms with E-state index in [-0.39, 0.29) is 24.9 Å². The van der Waals surface area contributed by atoms with E-state index < -0.39 is 5.97 Å². The maximum absolute atomic E-state index is 12.7. The van der Waals surface area contributed by atoms with E-state index in [4.69, 9.17) is 24.4 Å². The minimum absolute atomic E-state index is 0.00800. The Morgan fingerprint density at radius 2 is 1.77 bits per heavy atom. The summed E-state index contributed by atoms with van der Waals surface area (Å²) in [6.45, 7) is 6.89. The number of carbonyl (C=O) groups is 2. The zero-order valence-electron chi connectivity index (χ0n) is 20.6. The summed E-state index contributed by atoms with van der Waals surface area (Å²) in [5.74, 6) is -0.622. The highest BCUT2D eigenvalue weighted by Gasteiger charge is 2.20. The molecule has 2 atom stereocenters.